The molecule has 0 bridgehead atoms. The summed E-state index contributed by atoms with van der Waals surface area (Å²) in [6.45, 7) is 6.08. The summed E-state index contributed by atoms with van der Waals surface area (Å²) in [6, 6.07) is 7.95. The van der Waals surface area contributed by atoms with Crippen LogP contribution in [0.25, 0.3) is 11.0 Å². The summed E-state index contributed by atoms with van der Waals surface area (Å²) in [6.07, 6.45) is 2.00. The molecule has 2 amide bonds. The number of likely N-dealkylation sites (tertiary alicyclic amines) is 1. The fourth-order valence-corrected chi connectivity index (χ4v) is 4.32. The van der Waals surface area contributed by atoms with Crippen molar-refractivity contribution in [3.63, 3.8) is 0 Å². The third-order valence-electron chi connectivity index (χ3n) is 6.18. The van der Waals surface area contributed by atoms with Gasteiger partial charge in [0.25, 0.3) is 0 Å². The third-order valence-corrected chi connectivity index (χ3v) is 6.18. The predicted octanol–water partition coefficient (Wildman–Crippen LogP) is 1.15. The van der Waals surface area contributed by atoms with Gasteiger partial charge in [-0.2, -0.15) is 0 Å². The molecule has 0 spiro atoms. The molecular formula is C22H31N5O3. The van der Waals surface area contributed by atoms with E-state index < -0.39 is 0 Å². The van der Waals surface area contributed by atoms with Gasteiger partial charge in [-0.3, -0.25) is 14.5 Å². The first-order valence-corrected chi connectivity index (χ1v) is 10.9. The number of amides is 2. The van der Waals surface area contributed by atoms with Crippen molar-refractivity contribution in [3.8, 4) is 0 Å². The summed E-state index contributed by atoms with van der Waals surface area (Å²) >= 11 is 0. The molecule has 1 aromatic heterocycles. The maximum absolute atomic E-state index is 12.8. The minimum Gasteiger partial charge on any atom is -0.379 e. The molecule has 2 aliphatic heterocycles. The zero-order valence-corrected chi connectivity index (χ0v) is 17.7. The van der Waals surface area contributed by atoms with Crippen molar-refractivity contribution in [2.45, 2.75) is 25.8 Å². The summed E-state index contributed by atoms with van der Waals surface area (Å²) in [7, 11) is 1.96. The summed E-state index contributed by atoms with van der Waals surface area (Å²) < 4.78 is 7.39. The molecule has 30 heavy (non-hydrogen) atoms. The molecule has 2 aromatic rings. The number of morpholine rings is 1. The van der Waals surface area contributed by atoms with Crippen LogP contribution in [0.15, 0.2) is 24.3 Å². The molecule has 2 fully saturated rings. The van der Waals surface area contributed by atoms with E-state index in [4.69, 9.17) is 4.74 Å². The lowest BCUT2D eigenvalue weighted by Crippen LogP contribution is -2.46. The summed E-state index contributed by atoms with van der Waals surface area (Å²) in [5.74, 6) is 0.851. The van der Waals surface area contributed by atoms with Crippen LogP contribution in [-0.2, 0) is 27.9 Å². The van der Waals surface area contributed by atoms with Gasteiger partial charge in [0.05, 0.1) is 36.7 Å². The molecule has 2 saturated heterocycles. The number of fused-ring (bicyclic) bond motifs is 1. The summed E-state index contributed by atoms with van der Waals surface area (Å²) in [5, 5.41) is 3.03. The van der Waals surface area contributed by atoms with Crippen LogP contribution in [0.2, 0.25) is 0 Å². The van der Waals surface area contributed by atoms with Crippen LogP contribution in [0.5, 0.6) is 0 Å². The molecule has 1 atom stereocenters. The number of carbonyl (C=O) groups is 2. The van der Waals surface area contributed by atoms with Gasteiger partial charge in [-0.25, -0.2) is 4.98 Å². The number of nitrogens with zero attached hydrogens (tertiary/aromatic N) is 4. The third kappa shape index (κ3) is 4.82. The average molecular weight is 414 g/mol. The monoisotopic (exact) mass is 413 g/mol. The Morgan fingerprint density at radius 1 is 1.23 bits per heavy atom. The Labute approximate surface area is 177 Å². The first kappa shape index (κ1) is 20.8. The molecular weight excluding hydrogens is 382 g/mol. The topological polar surface area (TPSA) is 79.7 Å². The second-order valence-electron chi connectivity index (χ2n) is 8.18. The van der Waals surface area contributed by atoms with E-state index in [1.165, 1.54) is 0 Å². The SMILES string of the molecule is Cn1c(CNC(=O)C2CCC(=O)N(CCCN3CCOCC3)C2)nc2ccccc21. The second kappa shape index (κ2) is 9.57. The molecule has 0 radical (unpaired) electrons. The van der Waals surface area contributed by atoms with Gasteiger partial charge in [0.15, 0.2) is 0 Å². The van der Waals surface area contributed by atoms with Gasteiger partial charge in [-0.1, -0.05) is 12.1 Å². The molecule has 3 heterocycles. The standard InChI is InChI=1S/C22H31N5O3/c1-25-19-6-3-2-5-18(19)24-20(25)15-23-22(29)17-7-8-21(28)27(16-17)10-4-9-26-11-13-30-14-12-26/h2-3,5-6,17H,4,7-16H2,1H3,(H,23,29). The van der Waals surface area contributed by atoms with E-state index in [9.17, 15) is 9.59 Å². The van der Waals surface area contributed by atoms with Gasteiger partial charge >= 0.3 is 0 Å². The molecule has 0 saturated carbocycles. The Hall–Kier alpha value is -2.45. The smallest absolute Gasteiger partial charge is 0.225 e. The average Bonchev–Trinajstić information content (AvgIpc) is 3.10. The number of benzene rings is 1. The number of aromatic nitrogens is 2. The van der Waals surface area contributed by atoms with Crippen molar-refractivity contribution in [1.82, 2.24) is 24.7 Å². The van der Waals surface area contributed by atoms with E-state index in [0.29, 0.717) is 32.5 Å². The minimum absolute atomic E-state index is 0.00716. The highest BCUT2D eigenvalue weighted by molar-refractivity contribution is 5.84. The number of para-hydroxylation sites is 2. The van der Waals surface area contributed by atoms with Gasteiger partial charge in [-0.05, 0) is 25.0 Å². The molecule has 1 unspecified atom stereocenters. The number of hydrogen-bond donors (Lipinski definition) is 1. The van der Waals surface area contributed by atoms with E-state index in [1.807, 2.05) is 40.8 Å². The minimum atomic E-state index is -0.152. The van der Waals surface area contributed by atoms with Crippen LogP contribution in [0.1, 0.15) is 25.1 Å². The highest BCUT2D eigenvalue weighted by Crippen LogP contribution is 2.19. The largest absolute Gasteiger partial charge is 0.379 e. The summed E-state index contributed by atoms with van der Waals surface area (Å²) in [5.41, 5.74) is 1.98. The van der Waals surface area contributed by atoms with Crippen LogP contribution in [-0.4, -0.2) is 77.1 Å². The molecule has 1 aromatic carbocycles. The zero-order valence-electron chi connectivity index (χ0n) is 17.7. The highest BCUT2D eigenvalue weighted by atomic mass is 16.5. The first-order valence-electron chi connectivity index (χ1n) is 10.9. The van der Waals surface area contributed by atoms with Gasteiger partial charge in [-0.15, -0.1) is 0 Å². The van der Waals surface area contributed by atoms with E-state index in [-0.39, 0.29) is 17.7 Å². The molecule has 162 valence electrons. The summed E-state index contributed by atoms with van der Waals surface area (Å²) in [4.78, 5) is 33.9. The maximum Gasteiger partial charge on any atom is 0.225 e. The Bertz CT molecular complexity index is 890. The Morgan fingerprint density at radius 2 is 2.03 bits per heavy atom. The van der Waals surface area contributed by atoms with Crippen LogP contribution in [0, 0.1) is 5.92 Å². The van der Waals surface area contributed by atoms with Crippen molar-refractivity contribution in [2.75, 3.05) is 45.9 Å². The first-order chi connectivity index (χ1) is 14.6. The number of piperidine rings is 1. The molecule has 1 N–H and O–H groups in total. The molecule has 8 heteroatoms. The number of imidazole rings is 1. The highest BCUT2D eigenvalue weighted by Gasteiger charge is 2.30. The molecule has 0 aliphatic carbocycles. The number of nitrogens with one attached hydrogen (secondary N) is 1. The number of carbonyl (C=O) groups excluding carboxylic acids is 2. The number of hydrogen-bond acceptors (Lipinski definition) is 5. The van der Waals surface area contributed by atoms with Gasteiger partial charge in [0, 0.05) is 46.2 Å². The van der Waals surface area contributed by atoms with E-state index in [0.717, 1.165) is 56.1 Å². The van der Waals surface area contributed by atoms with Crippen LogP contribution in [0.4, 0.5) is 0 Å². The normalized spacial score (nSPS) is 20.6. The Kier molecular flexibility index (Phi) is 6.64. The van der Waals surface area contributed by atoms with Crippen molar-refractivity contribution in [2.24, 2.45) is 13.0 Å². The van der Waals surface area contributed by atoms with Crippen LogP contribution in [0.3, 0.4) is 0 Å². The number of ether oxygens (including phenoxy) is 1. The lowest BCUT2D eigenvalue weighted by Gasteiger charge is -2.33. The van der Waals surface area contributed by atoms with E-state index >= 15 is 0 Å². The number of rotatable bonds is 7. The predicted molar refractivity (Wildman–Crippen MR) is 114 cm³/mol. The van der Waals surface area contributed by atoms with Crippen molar-refractivity contribution >= 4 is 22.8 Å². The van der Waals surface area contributed by atoms with Crippen LogP contribution < -0.4 is 5.32 Å². The van der Waals surface area contributed by atoms with E-state index in [1.54, 1.807) is 0 Å². The van der Waals surface area contributed by atoms with Gasteiger partial charge < -0.3 is 19.5 Å². The fraction of sp³-hybridized carbons (Fsp3) is 0.591. The Balaban J connectivity index is 1.27. The quantitative estimate of drug-likeness (QED) is 0.737. The Morgan fingerprint density at radius 3 is 2.83 bits per heavy atom. The van der Waals surface area contributed by atoms with Gasteiger partial charge in [0.1, 0.15) is 5.82 Å². The van der Waals surface area contributed by atoms with Gasteiger partial charge in [0.2, 0.25) is 11.8 Å². The molecule has 4 rings (SSSR count). The lowest BCUT2D eigenvalue weighted by molar-refractivity contribution is -0.138. The fourth-order valence-electron chi connectivity index (χ4n) is 4.32. The van der Waals surface area contributed by atoms with Crippen molar-refractivity contribution in [3.05, 3.63) is 30.1 Å². The van der Waals surface area contributed by atoms with Crippen molar-refractivity contribution < 1.29 is 14.3 Å². The molecule has 2 aliphatic rings. The van der Waals surface area contributed by atoms with Crippen molar-refractivity contribution in [1.29, 1.82) is 0 Å². The number of aryl methyl sites for hydroxylation is 1. The molecule has 8 nitrogen and oxygen atoms in total. The lowest BCUT2D eigenvalue weighted by atomic mass is 9.96. The van der Waals surface area contributed by atoms with Crippen LogP contribution >= 0.6 is 0 Å². The maximum atomic E-state index is 12.8. The zero-order chi connectivity index (χ0) is 20.9. The second-order valence-corrected chi connectivity index (χ2v) is 8.18. The van der Waals surface area contributed by atoms with E-state index in [2.05, 4.69) is 15.2 Å².